The van der Waals surface area contributed by atoms with Crippen molar-refractivity contribution in [3.8, 4) is 0 Å². The highest BCUT2D eigenvalue weighted by Crippen LogP contribution is 2.35. The molecular weight excluding hydrogens is 218 g/mol. The van der Waals surface area contributed by atoms with E-state index in [2.05, 4.69) is 28.8 Å². The van der Waals surface area contributed by atoms with E-state index in [1.165, 1.54) is 23.3 Å². The van der Waals surface area contributed by atoms with Crippen LogP contribution in [0.2, 0.25) is 0 Å². The maximum absolute atomic E-state index is 5.59. The van der Waals surface area contributed by atoms with Crippen molar-refractivity contribution in [1.82, 2.24) is 5.43 Å². The van der Waals surface area contributed by atoms with Crippen LogP contribution in [0.25, 0.3) is 0 Å². The lowest BCUT2D eigenvalue weighted by molar-refractivity contribution is 0.642. The molecule has 0 amide bonds. The summed E-state index contributed by atoms with van der Waals surface area (Å²) in [6.45, 7) is 2.99. The Labute approximate surface area is 101 Å². The van der Waals surface area contributed by atoms with Crippen molar-refractivity contribution in [1.29, 1.82) is 0 Å². The molecule has 1 aromatic heterocycles. The highest BCUT2D eigenvalue weighted by molar-refractivity contribution is 7.10. The van der Waals surface area contributed by atoms with Crippen molar-refractivity contribution in [3.63, 3.8) is 0 Å². The van der Waals surface area contributed by atoms with E-state index in [-0.39, 0.29) is 0 Å². The van der Waals surface area contributed by atoms with Crippen LogP contribution in [0.4, 0.5) is 0 Å². The summed E-state index contributed by atoms with van der Waals surface area (Å²) in [5.41, 5.74) is 4.23. The molecule has 1 aliphatic carbocycles. The Morgan fingerprint density at radius 3 is 3.31 bits per heavy atom. The van der Waals surface area contributed by atoms with Gasteiger partial charge in [-0.25, -0.2) is 5.84 Å². The number of nitrogens with one attached hydrogen (secondary N) is 1. The van der Waals surface area contributed by atoms with Gasteiger partial charge in [0.15, 0.2) is 0 Å². The molecule has 1 atom stereocenters. The minimum atomic E-state index is 0.395. The van der Waals surface area contributed by atoms with Gasteiger partial charge in [0.1, 0.15) is 5.84 Å². The van der Waals surface area contributed by atoms with Crippen LogP contribution in [-0.2, 0) is 6.42 Å². The molecule has 0 radical (unpaired) electrons. The topological polar surface area (TPSA) is 50.4 Å². The monoisotopic (exact) mass is 237 g/mol. The lowest BCUT2D eigenvalue weighted by atomic mass is 9.87. The van der Waals surface area contributed by atoms with Gasteiger partial charge in [-0.15, -0.1) is 11.3 Å². The summed E-state index contributed by atoms with van der Waals surface area (Å²) in [6.07, 6.45) is 4.69. The van der Waals surface area contributed by atoms with Crippen molar-refractivity contribution >= 4 is 17.2 Å². The van der Waals surface area contributed by atoms with Gasteiger partial charge < -0.3 is 5.43 Å². The van der Waals surface area contributed by atoms with E-state index in [4.69, 9.17) is 5.84 Å². The average Bonchev–Trinajstić information content (AvgIpc) is 2.78. The molecular formula is C12H19N3S. The number of hydrogen-bond acceptors (Lipinski definition) is 3. The molecule has 3 N–H and O–H groups in total. The zero-order valence-electron chi connectivity index (χ0n) is 9.70. The van der Waals surface area contributed by atoms with Crippen LogP contribution in [0.15, 0.2) is 16.4 Å². The standard InChI is InChI=1S/C12H19N3S/c1-2-7-14-12(15-13)10-4-3-5-11-9(10)6-8-16-11/h6,8,10H,2-5,7,13H2,1H3,(H,14,15). The van der Waals surface area contributed by atoms with Crippen LogP contribution in [-0.4, -0.2) is 12.4 Å². The van der Waals surface area contributed by atoms with E-state index in [0.29, 0.717) is 5.92 Å². The molecule has 88 valence electrons. The molecule has 0 aromatic carbocycles. The molecule has 16 heavy (non-hydrogen) atoms. The second-order valence-electron chi connectivity index (χ2n) is 4.16. The van der Waals surface area contributed by atoms with Crippen molar-refractivity contribution in [2.45, 2.75) is 38.5 Å². The summed E-state index contributed by atoms with van der Waals surface area (Å²) < 4.78 is 0. The number of rotatable bonds is 3. The third-order valence-corrected chi connectivity index (χ3v) is 4.03. The number of thiophene rings is 1. The molecule has 1 heterocycles. The van der Waals surface area contributed by atoms with E-state index in [9.17, 15) is 0 Å². The fraction of sp³-hybridized carbons (Fsp3) is 0.583. The third kappa shape index (κ3) is 2.28. The van der Waals surface area contributed by atoms with Gasteiger partial charge in [0, 0.05) is 17.3 Å². The first-order valence-electron chi connectivity index (χ1n) is 5.94. The highest BCUT2D eigenvalue weighted by atomic mass is 32.1. The van der Waals surface area contributed by atoms with E-state index >= 15 is 0 Å². The number of nitrogens with two attached hydrogens (primary N) is 1. The lowest BCUT2D eigenvalue weighted by Crippen LogP contribution is -2.36. The molecule has 1 aromatic rings. The molecule has 4 heteroatoms. The van der Waals surface area contributed by atoms with E-state index < -0.39 is 0 Å². The van der Waals surface area contributed by atoms with Crippen LogP contribution in [0, 0.1) is 0 Å². The van der Waals surface area contributed by atoms with Gasteiger partial charge in [0.05, 0.1) is 0 Å². The fourth-order valence-corrected chi connectivity index (χ4v) is 3.25. The Morgan fingerprint density at radius 1 is 1.69 bits per heavy atom. The number of aliphatic imine (C=N–C) groups is 1. The number of aryl methyl sites for hydroxylation is 1. The van der Waals surface area contributed by atoms with Gasteiger partial charge in [-0.1, -0.05) is 6.92 Å². The molecule has 0 aliphatic heterocycles. The number of fused-ring (bicyclic) bond motifs is 1. The Balaban J connectivity index is 2.22. The van der Waals surface area contributed by atoms with Gasteiger partial charge in [-0.05, 0) is 42.7 Å². The van der Waals surface area contributed by atoms with E-state index in [1.54, 1.807) is 0 Å². The van der Waals surface area contributed by atoms with Crippen molar-refractivity contribution in [3.05, 3.63) is 21.9 Å². The number of nitrogens with zero attached hydrogens (tertiary/aromatic N) is 1. The van der Waals surface area contributed by atoms with Crippen molar-refractivity contribution in [2.75, 3.05) is 6.54 Å². The predicted octanol–water partition coefficient (Wildman–Crippen LogP) is 2.44. The van der Waals surface area contributed by atoms with Crippen LogP contribution >= 0.6 is 11.3 Å². The lowest BCUT2D eigenvalue weighted by Gasteiger charge is -2.23. The summed E-state index contributed by atoms with van der Waals surface area (Å²) in [5.74, 6) is 6.95. The first kappa shape index (κ1) is 11.6. The molecule has 1 unspecified atom stereocenters. The second kappa shape index (κ2) is 5.46. The fourth-order valence-electron chi connectivity index (χ4n) is 2.26. The smallest absolute Gasteiger partial charge is 0.118 e. The summed E-state index contributed by atoms with van der Waals surface area (Å²) in [7, 11) is 0. The Morgan fingerprint density at radius 2 is 2.56 bits per heavy atom. The third-order valence-electron chi connectivity index (χ3n) is 3.04. The zero-order valence-corrected chi connectivity index (χ0v) is 10.5. The maximum atomic E-state index is 5.59. The number of hydrogen-bond donors (Lipinski definition) is 2. The second-order valence-corrected chi connectivity index (χ2v) is 5.16. The number of hydrazine groups is 1. The van der Waals surface area contributed by atoms with Gasteiger partial charge >= 0.3 is 0 Å². The molecule has 0 saturated carbocycles. The predicted molar refractivity (Wildman–Crippen MR) is 69.9 cm³/mol. The highest BCUT2D eigenvalue weighted by Gasteiger charge is 2.24. The SMILES string of the molecule is CCCN=C(NN)C1CCCc2sccc21. The van der Waals surface area contributed by atoms with Gasteiger partial charge in [-0.2, -0.15) is 0 Å². The minimum absolute atomic E-state index is 0.395. The maximum Gasteiger partial charge on any atom is 0.118 e. The van der Waals surface area contributed by atoms with Crippen molar-refractivity contribution in [2.24, 2.45) is 10.8 Å². The van der Waals surface area contributed by atoms with Crippen LogP contribution in [0.1, 0.15) is 42.5 Å². The molecule has 0 spiro atoms. The Kier molecular flexibility index (Phi) is 3.96. The minimum Gasteiger partial charge on any atom is -0.312 e. The molecule has 1 aliphatic rings. The summed E-state index contributed by atoms with van der Waals surface area (Å²) in [6, 6.07) is 2.22. The van der Waals surface area contributed by atoms with Gasteiger partial charge in [0.25, 0.3) is 0 Å². The van der Waals surface area contributed by atoms with E-state index in [0.717, 1.165) is 25.2 Å². The van der Waals surface area contributed by atoms with Crippen LogP contribution in [0.3, 0.4) is 0 Å². The molecule has 0 fully saturated rings. The summed E-state index contributed by atoms with van der Waals surface area (Å²) >= 11 is 1.86. The Hall–Kier alpha value is -0.870. The normalized spacial score (nSPS) is 20.6. The average molecular weight is 237 g/mol. The van der Waals surface area contributed by atoms with E-state index in [1.807, 2.05) is 11.3 Å². The zero-order chi connectivity index (χ0) is 11.4. The summed E-state index contributed by atoms with van der Waals surface area (Å²) in [4.78, 5) is 6.06. The molecule has 0 bridgehead atoms. The first-order chi connectivity index (χ1) is 7.86. The molecule has 2 rings (SSSR count). The Bertz CT molecular complexity index is 370. The quantitative estimate of drug-likeness (QED) is 0.367. The summed E-state index contributed by atoms with van der Waals surface area (Å²) in [5, 5.41) is 2.18. The largest absolute Gasteiger partial charge is 0.312 e. The van der Waals surface area contributed by atoms with Crippen LogP contribution < -0.4 is 11.3 Å². The van der Waals surface area contributed by atoms with Gasteiger partial charge in [0.2, 0.25) is 0 Å². The molecule has 3 nitrogen and oxygen atoms in total. The van der Waals surface area contributed by atoms with Gasteiger partial charge in [-0.3, -0.25) is 4.99 Å². The van der Waals surface area contributed by atoms with Crippen LogP contribution in [0.5, 0.6) is 0 Å². The number of amidine groups is 1. The van der Waals surface area contributed by atoms with Crippen molar-refractivity contribution < 1.29 is 0 Å². The first-order valence-corrected chi connectivity index (χ1v) is 6.82. The molecule has 0 saturated heterocycles.